The standard InChI is InChI=1S/C11H21NO3/c1-11(2,3)15-10(14)9(13)8-6-4-5-7-12-8/h8-9,12-13H,4-7H2,1-3H3/t8-,9-/m1/s1. The van der Waals surface area contributed by atoms with Crippen LogP contribution in [-0.4, -0.2) is 35.4 Å². The fourth-order valence-corrected chi connectivity index (χ4v) is 1.67. The second-order valence-corrected chi connectivity index (χ2v) is 5.03. The summed E-state index contributed by atoms with van der Waals surface area (Å²) < 4.78 is 5.12. The number of aliphatic hydroxyl groups is 1. The van der Waals surface area contributed by atoms with Crippen molar-refractivity contribution in [2.75, 3.05) is 6.54 Å². The molecule has 2 atom stereocenters. The van der Waals surface area contributed by atoms with E-state index in [0.29, 0.717) is 0 Å². The van der Waals surface area contributed by atoms with Gasteiger partial charge in [-0.15, -0.1) is 0 Å². The number of carbonyl (C=O) groups excluding carboxylic acids is 1. The summed E-state index contributed by atoms with van der Waals surface area (Å²) in [5.41, 5.74) is -0.535. The summed E-state index contributed by atoms with van der Waals surface area (Å²) in [7, 11) is 0. The summed E-state index contributed by atoms with van der Waals surface area (Å²) in [5, 5.41) is 12.9. The summed E-state index contributed by atoms with van der Waals surface area (Å²) in [6, 6.07) is -0.145. The Morgan fingerprint density at radius 1 is 1.47 bits per heavy atom. The van der Waals surface area contributed by atoms with Crippen molar-refractivity contribution >= 4 is 5.97 Å². The van der Waals surface area contributed by atoms with E-state index < -0.39 is 17.7 Å². The third-order valence-corrected chi connectivity index (χ3v) is 2.38. The molecule has 0 spiro atoms. The molecule has 1 fully saturated rings. The Morgan fingerprint density at radius 3 is 2.60 bits per heavy atom. The highest BCUT2D eigenvalue weighted by Gasteiger charge is 2.30. The maximum absolute atomic E-state index is 11.5. The quantitative estimate of drug-likeness (QED) is 0.670. The molecule has 4 nitrogen and oxygen atoms in total. The number of piperidine rings is 1. The van der Waals surface area contributed by atoms with Gasteiger partial charge in [-0.2, -0.15) is 0 Å². The van der Waals surface area contributed by atoms with Crippen LogP contribution in [0.25, 0.3) is 0 Å². The zero-order valence-electron chi connectivity index (χ0n) is 9.75. The molecule has 4 heteroatoms. The van der Waals surface area contributed by atoms with Crippen molar-refractivity contribution in [1.29, 1.82) is 0 Å². The number of esters is 1. The van der Waals surface area contributed by atoms with Crippen molar-refractivity contribution in [2.24, 2.45) is 0 Å². The van der Waals surface area contributed by atoms with Crippen molar-refractivity contribution in [2.45, 2.75) is 57.8 Å². The Kier molecular flexibility index (Phi) is 4.11. The van der Waals surface area contributed by atoms with Crippen molar-refractivity contribution in [3.8, 4) is 0 Å². The molecule has 0 bridgehead atoms. The van der Waals surface area contributed by atoms with Gasteiger partial charge in [-0.05, 0) is 40.2 Å². The first-order valence-corrected chi connectivity index (χ1v) is 5.54. The maximum atomic E-state index is 11.5. The number of aliphatic hydroxyl groups excluding tert-OH is 1. The zero-order chi connectivity index (χ0) is 11.5. The molecule has 0 aromatic rings. The Labute approximate surface area is 91.0 Å². The first kappa shape index (κ1) is 12.5. The van der Waals surface area contributed by atoms with Crippen LogP contribution in [-0.2, 0) is 9.53 Å². The smallest absolute Gasteiger partial charge is 0.337 e. The highest BCUT2D eigenvalue weighted by Crippen LogP contribution is 2.14. The lowest BCUT2D eigenvalue weighted by molar-refractivity contribution is -0.167. The normalized spacial score (nSPS) is 24.7. The minimum Gasteiger partial charge on any atom is -0.458 e. The highest BCUT2D eigenvalue weighted by molar-refractivity contribution is 5.75. The topological polar surface area (TPSA) is 58.6 Å². The lowest BCUT2D eigenvalue weighted by Gasteiger charge is -2.29. The zero-order valence-corrected chi connectivity index (χ0v) is 9.75. The number of carbonyl (C=O) groups is 1. The number of rotatable bonds is 2. The molecule has 0 aromatic carbocycles. The molecule has 1 saturated heterocycles. The largest absolute Gasteiger partial charge is 0.458 e. The van der Waals surface area contributed by atoms with Gasteiger partial charge in [0.1, 0.15) is 5.60 Å². The molecule has 88 valence electrons. The molecule has 0 aromatic heterocycles. The van der Waals surface area contributed by atoms with E-state index in [1.807, 2.05) is 0 Å². The molecule has 0 aliphatic carbocycles. The second kappa shape index (κ2) is 4.94. The van der Waals surface area contributed by atoms with Gasteiger partial charge in [-0.3, -0.25) is 0 Å². The number of hydrogen-bond donors (Lipinski definition) is 2. The summed E-state index contributed by atoms with van der Waals surface area (Å²) in [6.07, 6.45) is 1.96. The van der Waals surface area contributed by atoms with Crippen LogP contribution < -0.4 is 5.32 Å². The van der Waals surface area contributed by atoms with E-state index in [1.165, 1.54) is 0 Å². The van der Waals surface area contributed by atoms with Crippen LogP contribution in [0.3, 0.4) is 0 Å². The van der Waals surface area contributed by atoms with Gasteiger partial charge in [-0.1, -0.05) is 6.42 Å². The van der Waals surface area contributed by atoms with E-state index in [-0.39, 0.29) is 6.04 Å². The molecular weight excluding hydrogens is 194 g/mol. The molecular formula is C11H21NO3. The monoisotopic (exact) mass is 215 g/mol. The molecule has 2 N–H and O–H groups in total. The average molecular weight is 215 g/mol. The first-order chi connectivity index (χ1) is 6.90. The SMILES string of the molecule is CC(C)(C)OC(=O)[C@H](O)[C@H]1CCCCN1. The Balaban J connectivity index is 2.44. The number of ether oxygens (including phenoxy) is 1. The molecule has 15 heavy (non-hydrogen) atoms. The van der Waals surface area contributed by atoms with Crippen LogP contribution in [0, 0.1) is 0 Å². The van der Waals surface area contributed by atoms with E-state index >= 15 is 0 Å². The molecule has 1 heterocycles. The molecule has 0 saturated carbocycles. The summed E-state index contributed by atoms with van der Waals surface area (Å²) in [6.45, 7) is 6.26. The molecule has 1 rings (SSSR count). The maximum Gasteiger partial charge on any atom is 0.337 e. The summed E-state index contributed by atoms with van der Waals surface area (Å²) >= 11 is 0. The lowest BCUT2D eigenvalue weighted by atomic mass is 10.00. The fourth-order valence-electron chi connectivity index (χ4n) is 1.67. The minimum absolute atomic E-state index is 0.145. The van der Waals surface area contributed by atoms with E-state index in [0.717, 1.165) is 25.8 Å². The van der Waals surface area contributed by atoms with Crippen LogP contribution in [0.2, 0.25) is 0 Å². The third kappa shape index (κ3) is 4.18. The van der Waals surface area contributed by atoms with Gasteiger partial charge in [0.25, 0.3) is 0 Å². The van der Waals surface area contributed by atoms with Crippen LogP contribution >= 0.6 is 0 Å². The van der Waals surface area contributed by atoms with Gasteiger partial charge in [0.05, 0.1) is 0 Å². The summed E-state index contributed by atoms with van der Waals surface area (Å²) in [5.74, 6) is -0.526. The molecule has 0 unspecified atom stereocenters. The number of nitrogens with one attached hydrogen (secondary N) is 1. The van der Waals surface area contributed by atoms with E-state index in [2.05, 4.69) is 5.32 Å². The van der Waals surface area contributed by atoms with Gasteiger partial charge in [0, 0.05) is 6.04 Å². The highest BCUT2D eigenvalue weighted by atomic mass is 16.6. The minimum atomic E-state index is -1.04. The molecule has 1 aliphatic heterocycles. The van der Waals surface area contributed by atoms with Gasteiger partial charge >= 0.3 is 5.97 Å². The van der Waals surface area contributed by atoms with E-state index in [1.54, 1.807) is 20.8 Å². The number of hydrogen-bond acceptors (Lipinski definition) is 4. The predicted molar refractivity (Wildman–Crippen MR) is 57.5 cm³/mol. The molecule has 0 amide bonds. The van der Waals surface area contributed by atoms with Crippen molar-refractivity contribution < 1.29 is 14.6 Å². The fraction of sp³-hybridized carbons (Fsp3) is 0.909. The Bertz CT molecular complexity index is 216. The Hall–Kier alpha value is -0.610. The van der Waals surface area contributed by atoms with Gasteiger partial charge < -0.3 is 15.2 Å². The lowest BCUT2D eigenvalue weighted by Crippen LogP contribution is -2.48. The van der Waals surface area contributed by atoms with Crippen molar-refractivity contribution in [3.63, 3.8) is 0 Å². The van der Waals surface area contributed by atoms with Crippen LogP contribution in [0.4, 0.5) is 0 Å². The molecule has 1 aliphatic rings. The van der Waals surface area contributed by atoms with E-state index in [4.69, 9.17) is 4.74 Å². The first-order valence-electron chi connectivity index (χ1n) is 5.54. The summed E-state index contributed by atoms with van der Waals surface area (Å²) in [4.78, 5) is 11.5. The van der Waals surface area contributed by atoms with Crippen molar-refractivity contribution in [1.82, 2.24) is 5.32 Å². The van der Waals surface area contributed by atoms with Gasteiger partial charge in [0.2, 0.25) is 0 Å². The van der Waals surface area contributed by atoms with Gasteiger partial charge in [-0.25, -0.2) is 4.79 Å². The third-order valence-electron chi connectivity index (χ3n) is 2.38. The van der Waals surface area contributed by atoms with Gasteiger partial charge in [0.15, 0.2) is 6.10 Å². The predicted octanol–water partition coefficient (Wildman–Crippen LogP) is 0.831. The van der Waals surface area contributed by atoms with Crippen molar-refractivity contribution in [3.05, 3.63) is 0 Å². The van der Waals surface area contributed by atoms with E-state index in [9.17, 15) is 9.90 Å². The Morgan fingerprint density at radius 2 is 2.13 bits per heavy atom. The average Bonchev–Trinajstić information content (AvgIpc) is 2.15. The van der Waals surface area contributed by atoms with Crippen LogP contribution in [0.15, 0.2) is 0 Å². The molecule has 0 radical (unpaired) electrons. The van der Waals surface area contributed by atoms with Crippen LogP contribution in [0.1, 0.15) is 40.0 Å². The van der Waals surface area contributed by atoms with Crippen LogP contribution in [0.5, 0.6) is 0 Å². The second-order valence-electron chi connectivity index (χ2n) is 5.03.